The Bertz CT molecular complexity index is 531. The summed E-state index contributed by atoms with van der Waals surface area (Å²) in [6, 6.07) is -0.0777. The number of thiazole rings is 1. The molecule has 3 heterocycles. The maximum absolute atomic E-state index is 12.3. The van der Waals surface area contributed by atoms with Crippen LogP contribution in [0.4, 0.5) is 0 Å². The molecule has 1 N–H and O–H groups in total. The fourth-order valence-electron chi connectivity index (χ4n) is 2.68. The van der Waals surface area contributed by atoms with Crippen LogP contribution in [0.5, 0.6) is 0 Å². The number of likely N-dealkylation sites (tertiary alicyclic amines) is 1. The summed E-state index contributed by atoms with van der Waals surface area (Å²) in [6.07, 6.45) is 1.14. The second-order valence-electron chi connectivity index (χ2n) is 5.19. The quantitative estimate of drug-likeness (QED) is 0.840. The van der Waals surface area contributed by atoms with Crippen LogP contribution in [-0.2, 0) is 20.7 Å². The van der Waals surface area contributed by atoms with Gasteiger partial charge in [0.15, 0.2) is 0 Å². The number of morpholine rings is 1. The Hall–Kier alpha value is -1.47. The number of rotatable bonds is 2. The number of aromatic nitrogens is 1. The molecule has 0 spiro atoms. The Balaban J connectivity index is 1.60. The number of carbonyl (C=O) groups is 2. The molecule has 108 valence electrons. The van der Waals surface area contributed by atoms with Gasteiger partial charge in [0.1, 0.15) is 6.61 Å². The molecule has 2 fully saturated rings. The molecule has 0 aromatic carbocycles. The van der Waals surface area contributed by atoms with Crippen LogP contribution in [0.1, 0.15) is 17.1 Å². The highest BCUT2D eigenvalue weighted by molar-refractivity contribution is 7.09. The van der Waals surface area contributed by atoms with E-state index in [-0.39, 0.29) is 30.6 Å². The maximum atomic E-state index is 12.3. The van der Waals surface area contributed by atoms with Crippen LogP contribution in [-0.4, -0.2) is 53.5 Å². The Labute approximate surface area is 121 Å². The van der Waals surface area contributed by atoms with Gasteiger partial charge in [-0.25, -0.2) is 4.98 Å². The molecular formula is C13H17N3O3S. The van der Waals surface area contributed by atoms with E-state index in [9.17, 15) is 9.59 Å². The molecule has 3 rings (SSSR count). The maximum Gasteiger partial charge on any atom is 0.246 e. The standard InChI is InChI=1S/C13H17N3O3S/c1-8-14-9(7-20-8)4-13(18)16-3-2-11-10(5-16)15-12(17)6-19-11/h7,10-11H,2-6H2,1H3,(H,15,17)/t10-,11+/m0/s1. The van der Waals surface area contributed by atoms with Crippen molar-refractivity contribution in [3.63, 3.8) is 0 Å². The minimum Gasteiger partial charge on any atom is -0.366 e. The summed E-state index contributed by atoms with van der Waals surface area (Å²) in [7, 11) is 0. The average molecular weight is 295 g/mol. The van der Waals surface area contributed by atoms with Crippen molar-refractivity contribution in [2.45, 2.75) is 31.9 Å². The van der Waals surface area contributed by atoms with Crippen molar-refractivity contribution in [3.05, 3.63) is 16.1 Å². The van der Waals surface area contributed by atoms with Crippen molar-refractivity contribution in [3.8, 4) is 0 Å². The third-order valence-corrected chi connectivity index (χ3v) is 4.50. The second-order valence-corrected chi connectivity index (χ2v) is 6.25. The van der Waals surface area contributed by atoms with E-state index in [0.717, 1.165) is 17.1 Å². The van der Waals surface area contributed by atoms with Gasteiger partial charge in [-0.05, 0) is 13.3 Å². The Morgan fingerprint density at radius 3 is 3.25 bits per heavy atom. The average Bonchev–Trinajstić information content (AvgIpc) is 2.83. The molecular weight excluding hydrogens is 278 g/mol. The van der Waals surface area contributed by atoms with Crippen molar-refractivity contribution in [1.29, 1.82) is 0 Å². The summed E-state index contributed by atoms with van der Waals surface area (Å²) >= 11 is 1.55. The van der Waals surface area contributed by atoms with E-state index < -0.39 is 0 Å². The third kappa shape index (κ3) is 2.83. The molecule has 2 aliphatic rings. The van der Waals surface area contributed by atoms with Crippen molar-refractivity contribution in [1.82, 2.24) is 15.2 Å². The predicted octanol–water partition coefficient (Wildman–Crippen LogP) is 0.110. The van der Waals surface area contributed by atoms with Gasteiger partial charge in [0.2, 0.25) is 11.8 Å². The lowest BCUT2D eigenvalue weighted by molar-refractivity contribution is -0.146. The molecule has 1 aromatic heterocycles. The fraction of sp³-hybridized carbons (Fsp3) is 0.615. The highest BCUT2D eigenvalue weighted by Gasteiger charge is 2.36. The molecule has 2 saturated heterocycles. The van der Waals surface area contributed by atoms with Crippen LogP contribution < -0.4 is 5.32 Å². The first-order chi connectivity index (χ1) is 9.61. The van der Waals surface area contributed by atoms with Crippen LogP contribution in [0.25, 0.3) is 0 Å². The van der Waals surface area contributed by atoms with Crippen molar-refractivity contribution >= 4 is 23.2 Å². The summed E-state index contributed by atoms with van der Waals surface area (Å²) in [4.78, 5) is 29.7. The molecule has 7 heteroatoms. The minimum atomic E-state index is -0.101. The van der Waals surface area contributed by atoms with Crippen LogP contribution in [0.3, 0.4) is 0 Å². The summed E-state index contributed by atoms with van der Waals surface area (Å²) in [5.74, 6) is -0.0377. The summed E-state index contributed by atoms with van der Waals surface area (Å²) in [5.41, 5.74) is 0.823. The van der Waals surface area contributed by atoms with E-state index in [2.05, 4.69) is 10.3 Å². The normalized spacial score (nSPS) is 26.1. The van der Waals surface area contributed by atoms with Gasteiger partial charge in [0.05, 0.1) is 29.3 Å². The number of piperidine rings is 1. The highest BCUT2D eigenvalue weighted by Crippen LogP contribution is 2.18. The van der Waals surface area contributed by atoms with E-state index in [0.29, 0.717) is 19.5 Å². The van der Waals surface area contributed by atoms with Gasteiger partial charge in [0, 0.05) is 18.5 Å². The Morgan fingerprint density at radius 1 is 1.65 bits per heavy atom. The smallest absolute Gasteiger partial charge is 0.246 e. The number of nitrogens with zero attached hydrogens (tertiary/aromatic N) is 2. The summed E-state index contributed by atoms with van der Waals surface area (Å²) in [5, 5.41) is 5.79. The second kappa shape index (κ2) is 5.49. The first-order valence-corrected chi connectivity index (χ1v) is 7.59. The van der Waals surface area contributed by atoms with Crippen LogP contribution >= 0.6 is 11.3 Å². The predicted molar refractivity (Wildman–Crippen MR) is 73.4 cm³/mol. The van der Waals surface area contributed by atoms with Gasteiger partial charge in [0.25, 0.3) is 0 Å². The third-order valence-electron chi connectivity index (χ3n) is 3.68. The van der Waals surface area contributed by atoms with Gasteiger partial charge in [-0.15, -0.1) is 11.3 Å². The van der Waals surface area contributed by atoms with Gasteiger partial charge < -0.3 is 15.0 Å². The zero-order chi connectivity index (χ0) is 14.1. The SMILES string of the molecule is Cc1nc(CC(=O)N2CC[C@H]3OCC(=O)N[C@H]3C2)cs1. The number of fused-ring (bicyclic) bond motifs is 1. The van der Waals surface area contributed by atoms with Gasteiger partial charge >= 0.3 is 0 Å². The first kappa shape index (κ1) is 13.5. The highest BCUT2D eigenvalue weighted by atomic mass is 32.1. The number of hydrogen-bond donors (Lipinski definition) is 1. The molecule has 0 radical (unpaired) electrons. The van der Waals surface area contributed by atoms with Crippen LogP contribution in [0.15, 0.2) is 5.38 Å². The van der Waals surface area contributed by atoms with Gasteiger partial charge in [-0.1, -0.05) is 0 Å². The zero-order valence-electron chi connectivity index (χ0n) is 11.3. The Kier molecular flexibility index (Phi) is 3.71. The lowest BCUT2D eigenvalue weighted by atomic mass is 10.00. The van der Waals surface area contributed by atoms with Crippen molar-refractivity contribution < 1.29 is 14.3 Å². The number of aryl methyl sites for hydroxylation is 1. The molecule has 6 nitrogen and oxygen atoms in total. The van der Waals surface area contributed by atoms with E-state index in [4.69, 9.17) is 4.74 Å². The minimum absolute atomic E-state index is 0.0401. The molecule has 20 heavy (non-hydrogen) atoms. The molecule has 2 amide bonds. The molecule has 1 aromatic rings. The molecule has 0 saturated carbocycles. The zero-order valence-corrected chi connectivity index (χ0v) is 12.1. The molecule has 0 aliphatic carbocycles. The van der Waals surface area contributed by atoms with E-state index >= 15 is 0 Å². The van der Waals surface area contributed by atoms with Crippen molar-refractivity contribution in [2.75, 3.05) is 19.7 Å². The molecule has 2 atom stereocenters. The Morgan fingerprint density at radius 2 is 2.50 bits per heavy atom. The van der Waals surface area contributed by atoms with Gasteiger partial charge in [-0.2, -0.15) is 0 Å². The molecule has 2 aliphatic heterocycles. The number of ether oxygens (including phenoxy) is 1. The first-order valence-electron chi connectivity index (χ1n) is 6.71. The fourth-order valence-corrected chi connectivity index (χ4v) is 3.30. The number of hydrogen-bond acceptors (Lipinski definition) is 5. The monoisotopic (exact) mass is 295 g/mol. The number of carbonyl (C=O) groups excluding carboxylic acids is 2. The molecule has 0 unspecified atom stereocenters. The lowest BCUT2D eigenvalue weighted by Crippen LogP contribution is -2.61. The number of amides is 2. The van der Waals surface area contributed by atoms with E-state index in [1.807, 2.05) is 12.3 Å². The summed E-state index contributed by atoms with van der Waals surface area (Å²) in [6.45, 7) is 3.27. The van der Waals surface area contributed by atoms with E-state index in [1.54, 1.807) is 16.2 Å². The number of nitrogens with one attached hydrogen (secondary N) is 1. The lowest BCUT2D eigenvalue weighted by Gasteiger charge is -2.41. The van der Waals surface area contributed by atoms with Crippen molar-refractivity contribution in [2.24, 2.45) is 0 Å². The topological polar surface area (TPSA) is 71.5 Å². The van der Waals surface area contributed by atoms with Gasteiger partial charge in [-0.3, -0.25) is 9.59 Å². The van der Waals surface area contributed by atoms with E-state index in [1.165, 1.54) is 0 Å². The summed E-state index contributed by atoms with van der Waals surface area (Å²) < 4.78 is 5.48. The molecule has 0 bridgehead atoms. The van der Waals surface area contributed by atoms with Crippen LogP contribution in [0.2, 0.25) is 0 Å². The largest absolute Gasteiger partial charge is 0.366 e. The van der Waals surface area contributed by atoms with Crippen LogP contribution in [0, 0.1) is 6.92 Å².